The molecule has 152 valence electrons. The molecule has 2 amide bonds. The Morgan fingerprint density at radius 2 is 1.62 bits per heavy atom. The van der Waals surface area contributed by atoms with Gasteiger partial charge < -0.3 is 5.32 Å². The van der Waals surface area contributed by atoms with Crippen LogP contribution in [0.2, 0.25) is 0 Å². The molecule has 0 aliphatic heterocycles. The van der Waals surface area contributed by atoms with Gasteiger partial charge in [-0.05, 0) is 42.8 Å². The molecular formula is C18H18N4O6S. The van der Waals surface area contributed by atoms with Crippen molar-refractivity contribution in [2.45, 2.75) is 18.7 Å². The molecule has 0 bridgehead atoms. The zero-order valence-corrected chi connectivity index (χ0v) is 16.3. The predicted octanol–water partition coefficient (Wildman–Crippen LogP) is 1.39. The van der Waals surface area contributed by atoms with Crippen LogP contribution in [-0.2, 0) is 19.6 Å². The fraction of sp³-hybridized carbons (Fsp3) is 0.111. The fourth-order valence-electron chi connectivity index (χ4n) is 2.16. The van der Waals surface area contributed by atoms with Gasteiger partial charge in [0.1, 0.15) is 5.70 Å². The number of nitrogens with zero attached hydrogens (tertiary/aromatic N) is 1. The highest BCUT2D eigenvalue weighted by Crippen LogP contribution is 2.14. The molecule has 3 N–H and O–H groups in total. The normalized spacial score (nSPS) is 11.6. The first kappa shape index (κ1) is 21.7. The second-order valence-corrected chi connectivity index (χ2v) is 7.64. The van der Waals surface area contributed by atoms with E-state index >= 15 is 0 Å². The van der Waals surface area contributed by atoms with Crippen LogP contribution in [0.15, 0.2) is 59.1 Å². The van der Waals surface area contributed by atoms with E-state index in [0.717, 1.165) is 5.56 Å². The molecule has 0 aliphatic rings. The van der Waals surface area contributed by atoms with Gasteiger partial charge in [-0.2, -0.15) is 0 Å². The quantitative estimate of drug-likeness (QED) is 0.352. The minimum Gasteiger partial charge on any atom is -0.322 e. The average Bonchev–Trinajstić information content (AvgIpc) is 2.66. The molecule has 0 fully saturated rings. The van der Waals surface area contributed by atoms with E-state index in [1.54, 1.807) is 19.1 Å². The Morgan fingerprint density at radius 1 is 1.03 bits per heavy atom. The van der Waals surface area contributed by atoms with E-state index in [9.17, 15) is 28.1 Å². The van der Waals surface area contributed by atoms with Gasteiger partial charge in [-0.15, -0.1) is 4.83 Å². The predicted molar refractivity (Wildman–Crippen MR) is 105 cm³/mol. The second kappa shape index (κ2) is 9.08. The maximum absolute atomic E-state index is 12.4. The van der Waals surface area contributed by atoms with Crippen LogP contribution in [0.5, 0.6) is 0 Å². The van der Waals surface area contributed by atoms with E-state index in [0.29, 0.717) is 5.56 Å². The highest BCUT2D eigenvalue weighted by Gasteiger charge is 2.17. The Labute approximate surface area is 166 Å². The molecule has 2 rings (SSSR count). The zero-order chi connectivity index (χ0) is 21.6. The van der Waals surface area contributed by atoms with E-state index in [2.05, 4.69) is 5.32 Å². The van der Waals surface area contributed by atoms with Crippen LogP contribution in [0.1, 0.15) is 18.1 Å². The van der Waals surface area contributed by atoms with Gasteiger partial charge in [-0.3, -0.25) is 25.1 Å². The first-order valence-electron chi connectivity index (χ1n) is 8.21. The number of sulfonamides is 1. The molecule has 10 nitrogen and oxygen atoms in total. The van der Waals surface area contributed by atoms with Crippen molar-refractivity contribution >= 4 is 33.6 Å². The van der Waals surface area contributed by atoms with Crippen LogP contribution in [0.3, 0.4) is 0 Å². The number of rotatable bonds is 7. The van der Waals surface area contributed by atoms with E-state index < -0.39 is 26.8 Å². The number of hydrazine groups is 1. The number of nitro benzene ring substituents is 1. The van der Waals surface area contributed by atoms with Crippen LogP contribution in [0, 0.1) is 17.0 Å². The third-order valence-electron chi connectivity index (χ3n) is 3.60. The van der Waals surface area contributed by atoms with Crippen LogP contribution < -0.4 is 15.6 Å². The molecule has 2 aromatic carbocycles. The summed E-state index contributed by atoms with van der Waals surface area (Å²) in [4.78, 5) is 35.8. The number of nitro groups is 1. The van der Waals surface area contributed by atoms with Crippen molar-refractivity contribution in [3.05, 3.63) is 75.5 Å². The number of hydrogen-bond donors (Lipinski definition) is 3. The number of carbonyl (C=O) groups is 2. The van der Waals surface area contributed by atoms with Crippen molar-refractivity contribution in [1.82, 2.24) is 15.6 Å². The topological polar surface area (TPSA) is 148 Å². The maximum Gasteiger partial charge on any atom is 0.282 e. The summed E-state index contributed by atoms with van der Waals surface area (Å²) in [5.74, 6) is -1.48. The lowest BCUT2D eigenvalue weighted by Crippen LogP contribution is -2.44. The van der Waals surface area contributed by atoms with Gasteiger partial charge in [0.05, 0.1) is 9.82 Å². The summed E-state index contributed by atoms with van der Waals surface area (Å²) in [6.45, 7) is 2.97. The number of amides is 2. The molecule has 0 saturated carbocycles. The van der Waals surface area contributed by atoms with E-state index in [4.69, 9.17) is 0 Å². The van der Waals surface area contributed by atoms with Crippen molar-refractivity contribution in [3.8, 4) is 0 Å². The van der Waals surface area contributed by atoms with Crippen molar-refractivity contribution in [2.75, 3.05) is 0 Å². The molecule has 29 heavy (non-hydrogen) atoms. The van der Waals surface area contributed by atoms with Gasteiger partial charge in [0, 0.05) is 19.1 Å². The zero-order valence-electron chi connectivity index (χ0n) is 15.5. The number of benzene rings is 2. The van der Waals surface area contributed by atoms with E-state index in [-0.39, 0.29) is 16.3 Å². The molecule has 11 heteroatoms. The van der Waals surface area contributed by atoms with Gasteiger partial charge in [0.2, 0.25) is 5.91 Å². The van der Waals surface area contributed by atoms with E-state index in [1.807, 2.05) is 10.3 Å². The van der Waals surface area contributed by atoms with Crippen molar-refractivity contribution in [3.63, 3.8) is 0 Å². The Morgan fingerprint density at radius 3 is 2.14 bits per heavy atom. The van der Waals surface area contributed by atoms with Crippen molar-refractivity contribution in [2.24, 2.45) is 0 Å². The Kier molecular flexibility index (Phi) is 6.80. The molecule has 0 atom stereocenters. The summed E-state index contributed by atoms with van der Waals surface area (Å²) in [5.41, 5.74) is 2.88. The standard InChI is InChI=1S/C18H18N4O6S/c1-12-3-9-16(10-4-12)29(27,28)21-20-18(24)17(19-13(2)23)11-14-5-7-15(8-6-14)22(25)26/h3-11,21H,1-2H3,(H,19,23)(H,20,24)/b17-11-. The van der Waals surface area contributed by atoms with Gasteiger partial charge in [0.15, 0.2) is 0 Å². The summed E-state index contributed by atoms with van der Waals surface area (Å²) < 4.78 is 24.5. The Hall–Kier alpha value is -3.57. The molecule has 0 heterocycles. The van der Waals surface area contributed by atoms with Crippen LogP contribution >= 0.6 is 0 Å². The van der Waals surface area contributed by atoms with Gasteiger partial charge in [0.25, 0.3) is 21.6 Å². The monoisotopic (exact) mass is 418 g/mol. The lowest BCUT2D eigenvalue weighted by molar-refractivity contribution is -0.384. The van der Waals surface area contributed by atoms with Crippen molar-refractivity contribution < 1.29 is 22.9 Å². The smallest absolute Gasteiger partial charge is 0.282 e. The molecule has 0 radical (unpaired) electrons. The molecular weight excluding hydrogens is 400 g/mol. The first-order chi connectivity index (χ1) is 13.6. The van der Waals surface area contributed by atoms with Gasteiger partial charge >= 0.3 is 0 Å². The van der Waals surface area contributed by atoms with Gasteiger partial charge in [-0.1, -0.05) is 17.7 Å². The highest BCUT2D eigenvalue weighted by molar-refractivity contribution is 7.89. The van der Waals surface area contributed by atoms with Gasteiger partial charge in [-0.25, -0.2) is 8.42 Å². The lowest BCUT2D eigenvalue weighted by atomic mass is 10.1. The molecule has 0 aliphatic carbocycles. The van der Waals surface area contributed by atoms with Crippen molar-refractivity contribution in [1.29, 1.82) is 0 Å². The summed E-state index contributed by atoms with van der Waals surface area (Å²) in [7, 11) is -4.02. The number of hydrogen-bond acceptors (Lipinski definition) is 6. The lowest BCUT2D eigenvalue weighted by Gasteiger charge is -2.11. The largest absolute Gasteiger partial charge is 0.322 e. The third-order valence-corrected chi connectivity index (χ3v) is 4.86. The summed E-state index contributed by atoms with van der Waals surface area (Å²) in [5, 5.41) is 13.0. The number of carbonyl (C=O) groups excluding carboxylic acids is 2. The fourth-order valence-corrected chi connectivity index (χ4v) is 3.00. The number of nitrogens with one attached hydrogen (secondary N) is 3. The Bertz CT molecular complexity index is 1060. The van der Waals surface area contributed by atoms with Crippen LogP contribution in [0.4, 0.5) is 5.69 Å². The Balaban J connectivity index is 2.19. The third kappa shape index (κ3) is 6.23. The maximum atomic E-state index is 12.4. The molecule has 0 saturated heterocycles. The number of aryl methyl sites for hydroxylation is 1. The van der Waals surface area contributed by atoms with E-state index in [1.165, 1.54) is 49.4 Å². The summed E-state index contributed by atoms with van der Waals surface area (Å²) in [6, 6.07) is 11.2. The SMILES string of the molecule is CC(=O)N/C(=C\c1ccc([N+](=O)[O-])cc1)C(=O)NNS(=O)(=O)c1ccc(C)cc1. The minimum absolute atomic E-state index is 0.0520. The second-order valence-electron chi connectivity index (χ2n) is 5.96. The molecule has 0 spiro atoms. The minimum atomic E-state index is -4.02. The molecule has 0 aromatic heterocycles. The van der Waals surface area contributed by atoms with Crippen LogP contribution in [0.25, 0.3) is 6.08 Å². The first-order valence-corrected chi connectivity index (χ1v) is 9.69. The highest BCUT2D eigenvalue weighted by atomic mass is 32.2. The average molecular weight is 418 g/mol. The molecule has 0 unspecified atom stereocenters. The molecule has 2 aromatic rings. The summed E-state index contributed by atoms with van der Waals surface area (Å²) in [6.07, 6.45) is 1.25. The summed E-state index contributed by atoms with van der Waals surface area (Å²) >= 11 is 0. The number of non-ortho nitro benzene ring substituents is 1. The van der Waals surface area contributed by atoms with Crippen LogP contribution in [-0.4, -0.2) is 25.2 Å².